The van der Waals surface area contributed by atoms with Crippen molar-refractivity contribution in [2.24, 2.45) is 0 Å². The maximum atomic E-state index is 12.8. The molecule has 7 nitrogen and oxygen atoms in total. The fourth-order valence-electron chi connectivity index (χ4n) is 3.09. The number of hydrogen-bond acceptors (Lipinski definition) is 6. The fourth-order valence-corrected chi connectivity index (χ4v) is 4.14. The van der Waals surface area contributed by atoms with Gasteiger partial charge in [0.25, 0.3) is 0 Å². The molecule has 0 fully saturated rings. The summed E-state index contributed by atoms with van der Waals surface area (Å²) < 4.78 is 5.32. The van der Waals surface area contributed by atoms with Gasteiger partial charge in [-0.05, 0) is 56.4 Å². The smallest absolute Gasteiger partial charge is 0.408 e. The highest BCUT2D eigenvalue weighted by molar-refractivity contribution is 7.12. The van der Waals surface area contributed by atoms with Gasteiger partial charge in [-0.25, -0.2) is 9.59 Å². The molecule has 1 atom stereocenters. The summed E-state index contributed by atoms with van der Waals surface area (Å²) in [4.78, 5) is 37.8. The number of allylic oxidation sites excluding steroid dienone is 2. The third-order valence-electron chi connectivity index (χ3n) is 4.93. The van der Waals surface area contributed by atoms with E-state index in [2.05, 4.69) is 12.2 Å². The molecule has 8 heteroatoms. The third-order valence-corrected chi connectivity index (χ3v) is 6.02. The number of unbranched alkanes of at least 4 members (excludes halogenated alkanes) is 1. The summed E-state index contributed by atoms with van der Waals surface area (Å²) in [5.74, 6) is -0.916. The number of amides is 1. The van der Waals surface area contributed by atoms with Crippen LogP contribution in [0.15, 0.2) is 45.3 Å². The average molecular weight is 460 g/mol. The maximum absolute atomic E-state index is 12.8. The van der Waals surface area contributed by atoms with Crippen LogP contribution >= 0.6 is 11.3 Å². The van der Waals surface area contributed by atoms with Crippen LogP contribution in [0.25, 0.3) is 6.08 Å². The van der Waals surface area contributed by atoms with E-state index in [4.69, 9.17) is 9.52 Å². The van der Waals surface area contributed by atoms with E-state index < -0.39 is 23.3 Å². The zero-order chi connectivity index (χ0) is 23.7. The van der Waals surface area contributed by atoms with Crippen LogP contribution in [-0.4, -0.2) is 22.1 Å². The van der Waals surface area contributed by atoms with Gasteiger partial charge in [0.15, 0.2) is 5.78 Å². The van der Waals surface area contributed by atoms with Crippen molar-refractivity contribution >= 4 is 29.3 Å². The van der Waals surface area contributed by atoms with Gasteiger partial charge in [-0.2, -0.15) is 0 Å². The highest BCUT2D eigenvalue weighted by atomic mass is 32.1. The lowest BCUT2D eigenvalue weighted by Gasteiger charge is -2.11. The summed E-state index contributed by atoms with van der Waals surface area (Å²) in [5, 5.41) is 21.0. The van der Waals surface area contributed by atoms with Crippen LogP contribution in [0.2, 0.25) is 0 Å². The van der Waals surface area contributed by atoms with Crippen molar-refractivity contribution in [3.63, 3.8) is 0 Å². The Morgan fingerprint density at radius 1 is 1.31 bits per heavy atom. The van der Waals surface area contributed by atoms with Gasteiger partial charge in [0.1, 0.15) is 17.1 Å². The van der Waals surface area contributed by atoms with Crippen LogP contribution in [0.3, 0.4) is 0 Å². The first-order valence-corrected chi connectivity index (χ1v) is 11.4. The van der Waals surface area contributed by atoms with E-state index in [0.29, 0.717) is 18.4 Å². The van der Waals surface area contributed by atoms with Gasteiger partial charge in [-0.3, -0.25) is 10.1 Å². The molecule has 0 spiro atoms. The lowest BCUT2D eigenvalue weighted by Crippen LogP contribution is -2.16. The molecular weight excluding hydrogens is 430 g/mol. The second-order valence-corrected chi connectivity index (χ2v) is 8.79. The number of aryl methyl sites for hydroxylation is 1. The Balaban J connectivity index is 2.12. The third kappa shape index (κ3) is 7.23. The van der Waals surface area contributed by atoms with Gasteiger partial charge in [0.2, 0.25) is 0 Å². The Morgan fingerprint density at radius 3 is 2.72 bits per heavy atom. The number of Topliss-reactive ketones (excluding diaryl/α,β-unsaturated/α-hetero) is 1. The van der Waals surface area contributed by atoms with E-state index in [1.54, 1.807) is 30.4 Å². The normalized spacial score (nSPS) is 12.8. The van der Waals surface area contributed by atoms with Gasteiger partial charge >= 0.3 is 11.7 Å². The first-order valence-electron chi connectivity index (χ1n) is 10.6. The summed E-state index contributed by atoms with van der Waals surface area (Å²) in [5.41, 5.74) is -0.904. The lowest BCUT2D eigenvalue weighted by molar-refractivity contribution is 0.102. The molecule has 0 radical (unpaired) electrons. The molecule has 172 valence electrons. The number of rotatable bonds is 11. The molecule has 0 aliphatic carbocycles. The molecule has 0 aliphatic rings. The summed E-state index contributed by atoms with van der Waals surface area (Å²) in [6, 6.07) is 5.29. The molecule has 2 aromatic rings. The lowest BCUT2D eigenvalue weighted by atomic mass is 10.00. The van der Waals surface area contributed by atoms with E-state index in [-0.39, 0.29) is 17.2 Å². The molecule has 0 aliphatic heterocycles. The number of carbonyl (C=O) groups is 2. The molecule has 0 saturated carbocycles. The number of ketones is 1. The van der Waals surface area contributed by atoms with Crippen LogP contribution in [0.5, 0.6) is 5.75 Å². The Labute approximate surface area is 191 Å². The largest absolute Gasteiger partial charge is 0.507 e. The van der Waals surface area contributed by atoms with E-state index in [1.807, 2.05) is 19.1 Å². The number of aromatic hydroxyl groups is 1. The molecule has 2 aromatic heterocycles. The summed E-state index contributed by atoms with van der Waals surface area (Å²) in [6.07, 6.45) is 7.85. The predicted octanol–water partition coefficient (Wildman–Crippen LogP) is 5.70. The molecule has 32 heavy (non-hydrogen) atoms. The van der Waals surface area contributed by atoms with Crippen molar-refractivity contribution in [3.8, 4) is 5.75 Å². The number of hydrogen-bond donors (Lipinski definition) is 3. The van der Waals surface area contributed by atoms with E-state index in [9.17, 15) is 19.5 Å². The van der Waals surface area contributed by atoms with Crippen LogP contribution in [0, 0.1) is 0 Å². The van der Waals surface area contributed by atoms with Crippen LogP contribution < -0.4 is 10.9 Å². The minimum atomic E-state index is -1.15. The first-order chi connectivity index (χ1) is 15.2. The number of carbonyl (C=O) groups excluding carboxylic acids is 1. The number of nitrogens with one attached hydrogen (secondary N) is 1. The Morgan fingerprint density at radius 2 is 2.06 bits per heavy atom. The summed E-state index contributed by atoms with van der Waals surface area (Å²) in [7, 11) is 0. The molecule has 2 rings (SSSR count). The van der Waals surface area contributed by atoms with Crippen molar-refractivity contribution in [1.82, 2.24) is 5.32 Å². The van der Waals surface area contributed by atoms with E-state index >= 15 is 0 Å². The molecule has 3 N–H and O–H groups in total. The van der Waals surface area contributed by atoms with Gasteiger partial charge in [0, 0.05) is 27.9 Å². The fraction of sp³-hybridized carbons (Fsp3) is 0.375. The molecule has 0 bridgehead atoms. The second kappa shape index (κ2) is 12.0. The van der Waals surface area contributed by atoms with Crippen molar-refractivity contribution in [1.29, 1.82) is 0 Å². The van der Waals surface area contributed by atoms with Gasteiger partial charge < -0.3 is 14.6 Å². The van der Waals surface area contributed by atoms with Crippen LogP contribution in [0.4, 0.5) is 4.79 Å². The minimum absolute atomic E-state index is 0.212. The Bertz CT molecular complexity index is 1060. The number of thiophene rings is 1. The van der Waals surface area contributed by atoms with Crippen molar-refractivity contribution in [2.45, 2.75) is 58.8 Å². The van der Waals surface area contributed by atoms with Crippen molar-refractivity contribution in [3.05, 3.63) is 67.5 Å². The molecular formula is C24H29NO6S. The molecule has 2 heterocycles. The highest BCUT2D eigenvalue weighted by Gasteiger charge is 2.22. The summed E-state index contributed by atoms with van der Waals surface area (Å²) in [6.45, 7) is 5.56. The molecule has 0 saturated heterocycles. The molecule has 1 unspecified atom stereocenters. The molecule has 1 amide bonds. The highest BCUT2D eigenvalue weighted by Crippen LogP contribution is 2.27. The average Bonchev–Trinajstić information content (AvgIpc) is 3.18. The molecule has 0 aromatic carbocycles. The Hall–Kier alpha value is -3.13. The zero-order valence-electron chi connectivity index (χ0n) is 18.5. The Kier molecular flexibility index (Phi) is 9.46. The second-order valence-electron chi connectivity index (χ2n) is 7.59. The van der Waals surface area contributed by atoms with Crippen LogP contribution in [0.1, 0.15) is 78.2 Å². The minimum Gasteiger partial charge on any atom is -0.507 e. The standard InChI is InChI=1S/C24H29NO6S/c1-4-5-9-17-10-11-18(32-17)13-16(3)22(27)21-19(26)14-20(31-23(21)28)15(2)8-6-7-12-25-24(29)30/h7,10-15,25-26H,4-6,8-9H2,1-3H3,(H,29,30)/b12-7?,16-13+. The zero-order valence-corrected chi connectivity index (χ0v) is 19.3. The van der Waals surface area contributed by atoms with Gasteiger partial charge in [-0.15, -0.1) is 11.3 Å². The predicted molar refractivity (Wildman–Crippen MR) is 126 cm³/mol. The van der Waals surface area contributed by atoms with Gasteiger partial charge in [0.05, 0.1) is 0 Å². The maximum Gasteiger partial charge on any atom is 0.408 e. The summed E-state index contributed by atoms with van der Waals surface area (Å²) >= 11 is 1.61. The van der Waals surface area contributed by atoms with E-state index in [1.165, 1.54) is 17.1 Å². The SMILES string of the molecule is CCCCc1ccc(/C=C(\C)C(=O)c2c(O)cc(C(C)CCC=CNC(=O)O)oc2=O)s1. The monoisotopic (exact) mass is 459 g/mol. The van der Waals surface area contributed by atoms with E-state index in [0.717, 1.165) is 24.1 Å². The van der Waals surface area contributed by atoms with Gasteiger partial charge in [-0.1, -0.05) is 26.3 Å². The first kappa shape index (κ1) is 25.1. The van der Waals surface area contributed by atoms with Crippen LogP contribution in [-0.2, 0) is 6.42 Å². The number of carboxylic acid groups (broad SMARTS) is 1. The van der Waals surface area contributed by atoms with Crippen molar-refractivity contribution in [2.75, 3.05) is 0 Å². The topological polar surface area (TPSA) is 117 Å². The van der Waals surface area contributed by atoms with Crippen molar-refractivity contribution < 1.29 is 24.2 Å². The quantitative estimate of drug-likeness (QED) is 0.293.